The van der Waals surface area contributed by atoms with E-state index in [-0.39, 0.29) is 5.69 Å². The molecule has 0 aliphatic carbocycles. The number of carboxylic acid groups (broad SMARTS) is 1. The van der Waals surface area contributed by atoms with Crippen LogP contribution in [0.2, 0.25) is 0 Å². The third-order valence-corrected chi connectivity index (χ3v) is 2.85. The molecular formula is C15H13F2NO2. The molecule has 2 aromatic carbocycles. The molecule has 0 amide bonds. The Labute approximate surface area is 114 Å². The number of aromatic carboxylic acids is 1. The molecular weight excluding hydrogens is 264 g/mol. The zero-order valence-electron chi connectivity index (χ0n) is 10.8. The second-order valence-electron chi connectivity index (χ2n) is 4.46. The van der Waals surface area contributed by atoms with Gasteiger partial charge in [0.25, 0.3) is 0 Å². The number of anilines is 1. The van der Waals surface area contributed by atoms with E-state index in [1.807, 2.05) is 31.2 Å². The van der Waals surface area contributed by atoms with Crippen molar-refractivity contribution in [2.75, 3.05) is 5.32 Å². The molecule has 0 unspecified atom stereocenters. The van der Waals surface area contributed by atoms with Gasteiger partial charge in [0, 0.05) is 12.6 Å². The van der Waals surface area contributed by atoms with E-state index in [4.69, 9.17) is 5.11 Å². The minimum Gasteiger partial charge on any atom is -0.478 e. The summed E-state index contributed by atoms with van der Waals surface area (Å²) in [6, 6.07) is 9.12. The van der Waals surface area contributed by atoms with Crippen LogP contribution in [-0.4, -0.2) is 11.1 Å². The maximum absolute atomic E-state index is 13.6. The Bertz CT molecular complexity index is 656. The lowest BCUT2D eigenvalue weighted by molar-refractivity contribution is 0.0692. The van der Waals surface area contributed by atoms with Gasteiger partial charge in [-0.25, -0.2) is 13.6 Å². The maximum Gasteiger partial charge on any atom is 0.338 e. The van der Waals surface area contributed by atoms with Crippen LogP contribution in [0, 0.1) is 18.6 Å². The lowest BCUT2D eigenvalue weighted by atomic mass is 10.1. The molecule has 0 atom stereocenters. The van der Waals surface area contributed by atoms with E-state index >= 15 is 0 Å². The summed E-state index contributed by atoms with van der Waals surface area (Å²) >= 11 is 0. The van der Waals surface area contributed by atoms with E-state index in [1.165, 1.54) is 0 Å². The fourth-order valence-corrected chi connectivity index (χ4v) is 1.87. The van der Waals surface area contributed by atoms with Crippen molar-refractivity contribution in [1.29, 1.82) is 0 Å². The Balaban J connectivity index is 2.21. The van der Waals surface area contributed by atoms with Crippen LogP contribution >= 0.6 is 0 Å². The van der Waals surface area contributed by atoms with Crippen LogP contribution in [0.5, 0.6) is 0 Å². The fraction of sp³-hybridized carbons (Fsp3) is 0.133. The van der Waals surface area contributed by atoms with Crippen molar-refractivity contribution < 1.29 is 18.7 Å². The average Bonchev–Trinajstić information content (AvgIpc) is 2.37. The standard InChI is InChI=1S/C15H13F2NO2/c1-9-3-2-4-10(5-9)8-18-14-6-11(15(19)20)12(16)7-13(14)17/h2-7,18H,8H2,1H3,(H,19,20). The third-order valence-electron chi connectivity index (χ3n) is 2.85. The number of aryl methyl sites for hydroxylation is 1. The Morgan fingerprint density at radius 1 is 1.20 bits per heavy atom. The van der Waals surface area contributed by atoms with Gasteiger partial charge in [-0.05, 0) is 18.6 Å². The molecule has 0 bridgehead atoms. The summed E-state index contributed by atoms with van der Waals surface area (Å²) in [5.74, 6) is -3.34. The van der Waals surface area contributed by atoms with Crippen molar-refractivity contribution in [2.24, 2.45) is 0 Å². The average molecular weight is 277 g/mol. The summed E-state index contributed by atoms with van der Waals surface area (Å²) in [5, 5.41) is 11.6. The van der Waals surface area contributed by atoms with Crippen LogP contribution in [0.15, 0.2) is 36.4 Å². The number of nitrogens with one attached hydrogen (secondary N) is 1. The fourth-order valence-electron chi connectivity index (χ4n) is 1.87. The molecule has 0 radical (unpaired) electrons. The van der Waals surface area contributed by atoms with E-state index in [9.17, 15) is 13.6 Å². The Morgan fingerprint density at radius 2 is 1.95 bits per heavy atom. The molecule has 2 rings (SSSR count). The lowest BCUT2D eigenvalue weighted by Crippen LogP contribution is -2.06. The molecule has 0 aliphatic rings. The van der Waals surface area contributed by atoms with Gasteiger partial charge in [0.05, 0.1) is 11.3 Å². The molecule has 3 nitrogen and oxygen atoms in total. The number of hydrogen-bond donors (Lipinski definition) is 2. The van der Waals surface area contributed by atoms with Gasteiger partial charge < -0.3 is 10.4 Å². The molecule has 2 aromatic rings. The van der Waals surface area contributed by atoms with Crippen LogP contribution in [0.3, 0.4) is 0 Å². The molecule has 0 aliphatic heterocycles. The first-order valence-corrected chi connectivity index (χ1v) is 5.99. The Kier molecular flexibility index (Phi) is 3.98. The van der Waals surface area contributed by atoms with E-state index < -0.39 is 23.2 Å². The van der Waals surface area contributed by atoms with Crippen LogP contribution in [0.1, 0.15) is 21.5 Å². The SMILES string of the molecule is Cc1cccc(CNc2cc(C(=O)O)c(F)cc2F)c1. The summed E-state index contributed by atoms with van der Waals surface area (Å²) in [7, 11) is 0. The maximum atomic E-state index is 13.6. The molecule has 0 saturated carbocycles. The van der Waals surface area contributed by atoms with Gasteiger partial charge in [-0.3, -0.25) is 0 Å². The van der Waals surface area contributed by atoms with Gasteiger partial charge in [-0.15, -0.1) is 0 Å². The molecule has 0 spiro atoms. The number of carbonyl (C=O) groups is 1. The van der Waals surface area contributed by atoms with E-state index in [2.05, 4.69) is 5.32 Å². The number of carboxylic acids is 1. The van der Waals surface area contributed by atoms with Gasteiger partial charge in [0.2, 0.25) is 0 Å². The molecule has 0 saturated heterocycles. The second-order valence-corrected chi connectivity index (χ2v) is 4.46. The number of benzene rings is 2. The lowest BCUT2D eigenvalue weighted by Gasteiger charge is -2.09. The summed E-state index contributed by atoms with van der Waals surface area (Å²) in [6.45, 7) is 2.26. The van der Waals surface area contributed by atoms with Gasteiger partial charge in [-0.2, -0.15) is 0 Å². The van der Waals surface area contributed by atoms with Crippen molar-refractivity contribution in [2.45, 2.75) is 13.5 Å². The van der Waals surface area contributed by atoms with Gasteiger partial charge in [-0.1, -0.05) is 29.8 Å². The minimum absolute atomic E-state index is 0.0368. The predicted molar refractivity (Wildman–Crippen MR) is 71.8 cm³/mol. The predicted octanol–water partition coefficient (Wildman–Crippen LogP) is 3.58. The zero-order chi connectivity index (χ0) is 14.7. The summed E-state index contributed by atoms with van der Waals surface area (Å²) in [6.07, 6.45) is 0. The second kappa shape index (κ2) is 5.69. The first-order valence-electron chi connectivity index (χ1n) is 5.99. The van der Waals surface area contributed by atoms with Gasteiger partial charge in [0.1, 0.15) is 11.6 Å². The zero-order valence-corrected chi connectivity index (χ0v) is 10.8. The number of halogens is 2. The molecule has 5 heteroatoms. The van der Waals surface area contributed by atoms with Gasteiger partial charge in [0.15, 0.2) is 0 Å². The molecule has 0 heterocycles. The number of hydrogen-bond acceptors (Lipinski definition) is 2. The van der Waals surface area contributed by atoms with Gasteiger partial charge >= 0.3 is 5.97 Å². The Morgan fingerprint density at radius 3 is 2.60 bits per heavy atom. The van der Waals surface area contributed by atoms with Crippen LogP contribution < -0.4 is 5.32 Å². The van der Waals surface area contributed by atoms with E-state index in [0.717, 1.165) is 17.2 Å². The highest BCUT2D eigenvalue weighted by molar-refractivity contribution is 5.89. The van der Waals surface area contributed by atoms with Crippen molar-refractivity contribution in [1.82, 2.24) is 0 Å². The van der Waals surface area contributed by atoms with E-state index in [1.54, 1.807) is 0 Å². The quantitative estimate of drug-likeness (QED) is 0.898. The van der Waals surface area contributed by atoms with Crippen molar-refractivity contribution >= 4 is 11.7 Å². The van der Waals surface area contributed by atoms with Crippen LogP contribution in [-0.2, 0) is 6.54 Å². The first kappa shape index (κ1) is 14.0. The highest BCUT2D eigenvalue weighted by atomic mass is 19.1. The number of rotatable bonds is 4. The molecule has 20 heavy (non-hydrogen) atoms. The third kappa shape index (κ3) is 3.12. The van der Waals surface area contributed by atoms with Crippen LogP contribution in [0.25, 0.3) is 0 Å². The van der Waals surface area contributed by atoms with Crippen LogP contribution in [0.4, 0.5) is 14.5 Å². The largest absolute Gasteiger partial charge is 0.478 e. The van der Waals surface area contributed by atoms with E-state index in [0.29, 0.717) is 12.6 Å². The minimum atomic E-state index is -1.43. The molecule has 2 N–H and O–H groups in total. The normalized spacial score (nSPS) is 10.3. The monoisotopic (exact) mass is 277 g/mol. The summed E-state index contributed by atoms with van der Waals surface area (Å²) in [4.78, 5) is 10.8. The topological polar surface area (TPSA) is 49.3 Å². The molecule has 0 fully saturated rings. The first-order chi connectivity index (χ1) is 9.47. The molecule has 0 aromatic heterocycles. The highest BCUT2D eigenvalue weighted by Gasteiger charge is 2.14. The van der Waals surface area contributed by atoms with Crippen molar-refractivity contribution in [3.63, 3.8) is 0 Å². The van der Waals surface area contributed by atoms with Crippen molar-refractivity contribution in [3.05, 3.63) is 64.7 Å². The Hall–Kier alpha value is -2.43. The van der Waals surface area contributed by atoms with Crippen molar-refractivity contribution in [3.8, 4) is 0 Å². The smallest absolute Gasteiger partial charge is 0.338 e. The molecule has 104 valence electrons. The highest BCUT2D eigenvalue weighted by Crippen LogP contribution is 2.20. The summed E-state index contributed by atoms with van der Waals surface area (Å²) < 4.78 is 26.8. The summed E-state index contributed by atoms with van der Waals surface area (Å²) in [5.41, 5.74) is 1.39.